The molecular formula is C10H8Cl2FN3O. The maximum atomic E-state index is 13.2. The van der Waals surface area contributed by atoms with Crippen molar-refractivity contribution in [3.63, 3.8) is 0 Å². The third-order valence-electron chi connectivity index (χ3n) is 2.14. The third-order valence-corrected chi connectivity index (χ3v) is 2.69. The standard InChI is InChI=1S/C10H8Cl2FN3O/c11-8-3-7(4-9(12)10(8)13)16-5-6(1-2-17)14-15-16/h3-5,17H,1-2H2. The second-order valence-corrected chi connectivity index (χ2v) is 4.17. The minimum Gasteiger partial charge on any atom is -0.396 e. The number of aliphatic hydroxyl groups is 1. The number of nitrogens with zero attached hydrogens (tertiary/aromatic N) is 3. The van der Waals surface area contributed by atoms with Crippen molar-refractivity contribution in [1.29, 1.82) is 0 Å². The molecule has 0 bridgehead atoms. The molecule has 2 aromatic rings. The van der Waals surface area contributed by atoms with E-state index in [4.69, 9.17) is 28.3 Å². The van der Waals surface area contributed by atoms with Crippen LogP contribution < -0.4 is 0 Å². The van der Waals surface area contributed by atoms with Crippen LogP contribution in [0, 0.1) is 5.82 Å². The lowest BCUT2D eigenvalue weighted by atomic mass is 10.3. The zero-order valence-electron chi connectivity index (χ0n) is 8.57. The summed E-state index contributed by atoms with van der Waals surface area (Å²) < 4.78 is 14.6. The fraction of sp³-hybridized carbons (Fsp3) is 0.200. The van der Waals surface area contributed by atoms with E-state index in [0.717, 1.165) is 0 Å². The second kappa shape index (κ2) is 5.00. The minimum atomic E-state index is -0.659. The van der Waals surface area contributed by atoms with Crippen molar-refractivity contribution in [2.45, 2.75) is 6.42 Å². The van der Waals surface area contributed by atoms with Crippen LogP contribution in [-0.2, 0) is 6.42 Å². The first kappa shape index (κ1) is 12.3. The normalized spacial score (nSPS) is 10.8. The van der Waals surface area contributed by atoms with Gasteiger partial charge in [0.05, 0.1) is 27.6 Å². The predicted molar refractivity (Wildman–Crippen MR) is 62.1 cm³/mol. The van der Waals surface area contributed by atoms with Crippen LogP contribution in [0.25, 0.3) is 5.69 Å². The van der Waals surface area contributed by atoms with Gasteiger partial charge in [-0.05, 0) is 12.1 Å². The summed E-state index contributed by atoms with van der Waals surface area (Å²) in [4.78, 5) is 0. The lowest BCUT2D eigenvalue weighted by Gasteiger charge is -2.03. The molecule has 0 amide bonds. The summed E-state index contributed by atoms with van der Waals surface area (Å²) in [5, 5.41) is 16.3. The van der Waals surface area contributed by atoms with Gasteiger partial charge in [0.2, 0.25) is 0 Å². The van der Waals surface area contributed by atoms with Crippen LogP contribution >= 0.6 is 23.2 Å². The van der Waals surface area contributed by atoms with Crippen molar-refractivity contribution in [3.05, 3.63) is 39.9 Å². The van der Waals surface area contributed by atoms with E-state index in [1.807, 2.05) is 0 Å². The molecule has 0 aliphatic heterocycles. The van der Waals surface area contributed by atoms with Gasteiger partial charge in [-0.3, -0.25) is 0 Å². The van der Waals surface area contributed by atoms with Crippen molar-refractivity contribution in [2.75, 3.05) is 6.61 Å². The van der Waals surface area contributed by atoms with Crippen molar-refractivity contribution in [3.8, 4) is 5.69 Å². The zero-order valence-corrected chi connectivity index (χ0v) is 10.1. The second-order valence-electron chi connectivity index (χ2n) is 3.35. The average Bonchev–Trinajstić information content (AvgIpc) is 2.74. The Morgan fingerprint density at radius 2 is 1.94 bits per heavy atom. The molecule has 1 aromatic carbocycles. The van der Waals surface area contributed by atoms with E-state index < -0.39 is 5.82 Å². The van der Waals surface area contributed by atoms with Gasteiger partial charge in [0.1, 0.15) is 0 Å². The molecule has 0 saturated heterocycles. The maximum absolute atomic E-state index is 13.2. The highest BCUT2D eigenvalue weighted by molar-refractivity contribution is 6.35. The molecule has 0 spiro atoms. The first-order valence-electron chi connectivity index (χ1n) is 4.79. The molecule has 4 nitrogen and oxygen atoms in total. The topological polar surface area (TPSA) is 50.9 Å². The summed E-state index contributed by atoms with van der Waals surface area (Å²) in [7, 11) is 0. The monoisotopic (exact) mass is 275 g/mol. The molecule has 90 valence electrons. The van der Waals surface area contributed by atoms with Gasteiger partial charge in [0.25, 0.3) is 0 Å². The summed E-state index contributed by atoms with van der Waals surface area (Å²) in [5.74, 6) is -0.659. The van der Waals surface area contributed by atoms with Crippen molar-refractivity contribution in [2.24, 2.45) is 0 Å². The van der Waals surface area contributed by atoms with Crippen LogP contribution in [0.4, 0.5) is 4.39 Å². The van der Waals surface area contributed by atoms with Gasteiger partial charge >= 0.3 is 0 Å². The van der Waals surface area contributed by atoms with Crippen LogP contribution in [0.2, 0.25) is 10.0 Å². The highest BCUT2D eigenvalue weighted by Gasteiger charge is 2.10. The van der Waals surface area contributed by atoms with Gasteiger partial charge in [-0.2, -0.15) is 0 Å². The molecule has 0 unspecified atom stereocenters. The SMILES string of the molecule is OCCc1cn(-c2cc(Cl)c(F)c(Cl)c2)nn1. The molecule has 0 aliphatic rings. The van der Waals surface area contributed by atoms with Gasteiger partial charge < -0.3 is 5.11 Å². The first-order chi connectivity index (χ1) is 8.11. The Morgan fingerprint density at radius 3 is 2.53 bits per heavy atom. The number of aromatic nitrogens is 3. The summed E-state index contributed by atoms with van der Waals surface area (Å²) in [6.07, 6.45) is 2.03. The fourth-order valence-corrected chi connectivity index (χ4v) is 1.80. The number of hydrogen-bond donors (Lipinski definition) is 1. The molecule has 0 atom stereocenters. The number of rotatable bonds is 3. The van der Waals surface area contributed by atoms with Crippen LogP contribution in [0.3, 0.4) is 0 Å². The van der Waals surface area contributed by atoms with E-state index >= 15 is 0 Å². The summed E-state index contributed by atoms with van der Waals surface area (Å²) in [6.45, 7) is -0.0103. The summed E-state index contributed by atoms with van der Waals surface area (Å²) >= 11 is 11.4. The largest absolute Gasteiger partial charge is 0.396 e. The number of benzene rings is 1. The molecule has 1 N–H and O–H groups in total. The maximum Gasteiger partial charge on any atom is 0.160 e. The Labute approximate surface area is 107 Å². The highest BCUT2D eigenvalue weighted by Crippen LogP contribution is 2.26. The van der Waals surface area contributed by atoms with E-state index in [2.05, 4.69) is 10.3 Å². The highest BCUT2D eigenvalue weighted by atomic mass is 35.5. The van der Waals surface area contributed by atoms with Crippen molar-refractivity contribution >= 4 is 23.2 Å². The third kappa shape index (κ3) is 2.57. The summed E-state index contributed by atoms with van der Waals surface area (Å²) in [6, 6.07) is 2.81. The quantitative estimate of drug-likeness (QED) is 0.875. The molecule has 1 aromatic heterocycles. The zero-order chi connectivity index (χ0) is 12.4. The average molecular weight is 276 g/mol. The van der Waals surface area contributed by atoms with Crippen molar-refractivity contribution < 1.29 is 9.50 Å². The Hall–Kier alpha value is -1.17. The molecule has 7 heteroatoms. The smallest absolute Gasteiger partial charge is 0.160 e. The first-order valence-corrected chi connectivity index (χ1v) is 5.54. The molecule has 1 heterocycles. The minimum absolute atomic E-state index is 0.0103. The van der Waals surface area contributed by atoms with Crippen LogP contribution in [0.15, 0.2) is 18.3 Å². The van der Waals surface area contributed by atoms with E-state index in [0.29, 0.717) is 17.8 Å². The van der Waals surface area contributed by atoms with Crippen LogP contribution in [0.5, 0.6) is 0 Å². The Bertz CT molecular complexity index is 521. The van der Waals surface area contributed by atoms with Gasteiger partial charge in [0.15, 0.2) is 5.82 Å². The Kier molecular flexibility index (Phi) is 3.61. The van der Waals surface area contributed by atoms with E-state index in [9.17, 15) is 4.39 Å². The van der Waals surface area contributed by atoms with E-state index in [1.165, 1.54) is 16.8 Å². The number of aliphatic hydroxyl groups excluding tert-OH is 1. The molecular weight excluding hydrogens is 268 g/mol. The molecule has 0 aliphatic carbocycles. The van der Waals surface area contributed by atoms with Gasteiger partial charge in [-0.25, -0.2) is 9.07 Å². The molecule has 0 fully saturated rings. The molecule has 0 radical (unpaired) electrons. The number of hydrogen-bond acceptors (Lipinski definition) is 3. The molecule has 2 rings (SSSR count). The fourth-order valence-electron chi connectivity index (χ4n) is 1.33. The lowest BCUT2D eigenvalue weighted by Crippen LogP contribution is -1.96. The van der Waals surface area contributed by atoms with Gasteiger partial charge in [-0.15, -0.1) is 5.10 Å². The van der Waals surface area contributed by atoms with Crippen molar-refractivity contribution in [1.82, 2.24) is 15.0 Å². The summed E-state index contributed by atoms with van der Waals surface area (Å²) in [5.41, 5.74) is 1.14. The van der Waals surface area contributed by atoms with Gasteiger partial charge in [-0.1, -0.05) is 28.4 Å². The van der Waals surface area contributed by atoms with Crippen LogP contribution in [-0.4, -0.2) is 26.7 Å². The Morgan fingerprint density at radius 1 is 1.29 bits per heavy atom. The molecule has 0 saturated carbocycles. The van der Waals surface area contributed by atoms with E-state index in [1.54, 1.807) is 6.20 Å². The Balaban J connectivity index is 2.39. The predicted octanol–water partition coefficient (Wildman–Crippen LogP) is 2.25. The number of halogens is 3. The van der Waals surface area contributed by atoms with E-state index in [-0.39, 0.29) is 16.7 Å². The molecule has 17 heavy (non-hydrogen) atoms. The van der Waals surface area contributed by atoms with Gasteiger partial charge in [0, 0.05) is 13.0 Å². The lowest BCUT2D eigenvalue weighted by molar-refractivity contribution is 0.298. The van der Waals surface area contributed by atoms with Crippen LogP contribution in [0.1, 0.15) is 5.69 Å².